The van der Waals surface area contributed by atoms with Crippen molar-refractivity contribution < 1.29 is 4.79 Å². The molecule has 164 valence electrons. The number of carbonyl (C=O) groups is 1. The van der Waals surface area contributed by atoms with Crippen LogP contribution in [0.4, 0.5) is 0 Å². The molecule has 0 fully saturated rings. The molecule has 0 aliphatic heterocycles. The van der Waals surface area contributed by atoms with E-state index >= 15 is 0 Å². The van der Waals surface area contributed by atoms with Gasteiger partial charge in [0.15, 0.2) is 0 Å². The Morgan fingerprint density at radius 3 is 2.07 bits per heavy atom. The predicted octanol–water partition coefficient (Wildman–Crippen LogP) is 8.85. The number of thioether (sulfide) groups is 1. The summed E-state index contributed by atoms with van der Waals surface area (Å²) in [5, 5.41) is 0.658. The summed E-state index contributed by atoms with van der Waals surface area (Å²) < 4.78 is 2.86. The summed E-state index contributed by atoms with van der Waals surface area (Å²) in [6, 6.07) is 10.9. The Kier molecular flexibility index (Phi) is 21.9. The van der Waals surface area contributed by atoms with E-state index in [0.29, 0.717) is 0 Å². The molecule has 0 radical (unpaired) electrons. The number of benzene rings is 1. The van der Waals surface area contributed by atoms with Crippen molar-refractivity contribution in [1.29, 1.82) is 0 Å². The van der Waals surface area contributed by atoms with E-state index < -0.39 is 0 Å². The molecule has 1 rings (SSSR count). The lowest BCUT2D eigenvalue weighted by Crippen LogP contribution is -2.02. The summed E-state index contributed by atoms with van der Waals surface area (Å²) in [4.78, 5) is 12.1. The van der Waals surface area contributed by atoms with Gasteiger partial charge in [0.05, 0.1) is 5.03 Å². The maximum atomic E-state index is 10.9. The lowest BCUT2D eigenvalue weighted by atomic mass is 9.91. The average Bonchev–Trinajstić information content (AvgIpc) is 2.78. The van der Waals surface area contributed by atoms with Crippen molar-refractivity contribution in [3.63, 3.8) is 0 Å². The van der Waals surface area contributed by atoms with Gasteiger partial charge in [-0.3, -0.25) is 4.79 Å². The van der Waals surface area contributed by atoms with E-state index in [9.17, 15) is 4.79 Å². The Hall–Kier alpha value is -1.39. The summed E-state index contributed by atoms with van der Waals surface area (Å²) in [6.45, 7) is 19.8. The van der Waals surface area contributed by atoms with Crippen LogP contribution in [-0.4, -0.2) is 5.12 Å². The van der Waals surface area contributed by atoms with Crippen LogP contribution in [0.15, 0.2) is 65.6 Å². The second-order valence-corrected chi connectivity index (χ2v) is 8.08. The molecule has 0 spiro atoms. The van der Waals surface area contributed by atoms with E-state index in [1.165, 1.54) is 42.2 Å². The van der Waals surface area contributed by atoms with Gasteiger partial charge in [0.2, 0.25) is 5.12 Å². The Balaban J connectivity index is 0. The van der Waals surface area contributed by atoms with Gasteiger partial charge in [0.25, 0.3) is 0 Å². The van der Waals surface area contributed by atoms with E-state index in [2.05, 4.69) is 69.0 Å². The largest absolute Gasteiger partial charge is 0.318 e. The molecule has 0 saturated heterocycles. The highest BCUT2D eigenvalue weighted by Crippen LogP contribution is 2.26. The van der Waals surface area contributed by atoms with Crippen molar-refractivity contribution in [1.82, 2.24) is 4.72 Å². The zero-order valence-corrected chi connectivity index (χ0v) is 20.9. The third-order valence-corrected chi connectivity index (χ3v) is 5.88. The van der Waals surface area contributed by atoms with Gasteiger partial charge in [0.1, 0.15) is 0 Å². The highest BCUT2D eigenvalue weighted by molar-refractivity contribution is 8.14. The van der Waals surface area contributed by atoms with Crippen molar-refractivity contribution in [3.05, 3.63) is 71.1 Å². The van der Waals surface area contributed by atoms with Crippen LogP contribution in [-0.2, 0) is 4.79 Å². The number of carbonyl (C=O) groups excluding carboxylic acids is 1. The Morgan fingerprint density at radius 2 is 1.66 bits per heavy atom. The Bertz CT molecular complexity index is 576. The molecule has 1 aromatic rings. The van der Waals surface area contributed by atoms with E-state index in [1.807, 2.05) is 26.8 Å². The molecule has 0 aliphatic carbocycles. The smallest absolute Gasteiger partial charge is 0.231 e. The first kappa shape index (κ1) is 29.8. The normalized spacial score (nSPS) is 10.2. The highest BCUT2D eigenvalue weighted by Gasteiger charge is 2.08. The lowest BCUT2D eigenvalue weighted by molar-refractivity contribution is -0.107. The predicted molar refractivity (Wildman–Crippen MR) is 137 cm³/mol. The molecule has 2 nitrogen and oxygen atoms in total. The summed E-state index contributed by atoms with van der Waals surface area (Å²) in [7, 11) is 0. The standard InChI is InChI=1S/C13H20.C10H15NOS2.C2H6/c1-3-8-12(9-4-2)13-10-6-5-7-11-13;1-5-9(6-2)13-8(4)11-14-10(12)7-3;1-2/h5-7,10-12H,3-4,8-9H2,1-2H3;5,7,11H,3-4,6H2,1-2H3;1-2H3/b;9-5-;. The molecule has 0 heterocycles. The van der Waals surface area contributed by atoms with Crippen LogP contribution in [0.5, 0.6) is 0 Å². The first-order chi connectivity index (χ1) is 14.0. The van der Waals surface area contributed by atoms with E-state index in [-0.39, 0.29) is 5.12 Å². The summed E-state index contributed by atoms with van der Waals surface area (Å²) >= 11 is 2.54. The van der Waals surface area contributed by atoms with E-state index in [1.54, 1.807) is 11.8 Å². The number of hydrogen-bond donors (Lipinski definition) is 1. The van der Waals surface area contributed by atoms with Gasteiger partial charge in [-0.25, -0.2) is 0 Å². The quantitative estimate of drug-likeness (QED) is 0.277. The van der Waals surface area contributed by atoms with Gasteiger partial charge in [0, 0.05) is 11.9 Å². The fourth-order valence-electron chi connectivity index (χ4n) is 2.56. The van der Waals surface area contributed by atoms with Gasteiger partial charge in [-0.1, -0.05) is 109 Å². The fourth-order valence-corrected chi connectivity index (χ4v) is 3.73. The zero-order valence-electron chi connectivity index (χ0n) is 19.3. The monoisotopic (exact) mass is 435 g/mol. The summed E-state index contributed by atoms with van der Waals surface area (Å²) in [5.74, 6) is 0.788. The second kappa shape index (κ2) is 21.3. The van der Waals surface area contributed by atoms with Crippen LogP contribution in [0.25, 0.3) is 0 Å². The SMILES string of the molecule is C=CC(=O)SNC(=C)S/C(=C\C)CC.CC.CCCC(CCC)c1ccccc1. The average molecular weight is 436 g/mol. The van der Waals surface area contributed by atoms with Crippen LogP contribution in [0.3, 0.4) is 0 Å². The molecule has 0 aromatic heterocycles. The number of hydrogen-bond acceptors (Lipinski definition) is 4. The molecule has 0 saturated carbocycles. The summed E-state index contributed by atoms with van der Waals surface area (Å²) in [6.07, 6.45) is 9.53. The van der Waals surface area contributed by atoms with Crippen LogP contribution < -0.4 is 4.72 Å². The van der Waals surface area contributed by atoms with Gasteiger partial charge < -0.3 is 4.72 Å². The molecule has 0 bridgehead atoms. The van der Waals surface area contributed by atoms with Crippen LogP contribution in [0.1, 0.15) is 85.1 Å². The molecule has 0 atom stereocenters. The topological polar surface area (TPSA) is 29.1 Å². The van der Waals surface area contributed by atoms with Crippen molar-refractivity contribution in [2.75, 3.05) is 0 Å². The highest BCUT2D eigenvalue weighted by atomic mass is 32.2. The Labute approximate surface area is 188 Å². The van der Waals surface area contributed by atoms with Crippen molar-refractivity contribution in [2.24, 2.45) is 0 Å². The minimum Gasteiger partial charge on any atom is -0.318 e. The fraction of sp³-hybridized carbons (Fsp3) is 0.480. The second-order valence-electron chi connectivity index (χ2n) is 6.05. The van der Waals surface area contributed by atoms with E-state index in [4.69, 9.17) is 0 Å². The van der Waals surface area contributed by atoms with Gasteiger partial charge >= 0.3 is 0 Å². The van der Waals surface area contributed by atoms with Gasteiger partial charge in [-0.05, 0) is 48.6 Å². The molecular weight excluding hydrogens is 394 g/mol. The third kappa shape index (κ3) is 16.1. The molecule has 1 N–H and O–H groups in total. The van der Waals surface area contributed by atoms with Crippen molar-refractivity contribution >= 4 is 28.8 Å². The zero-order chi connectivity index (χ0) is 22.5. The summed E-state index contributed by atoms with van der Waals surface area (Å²) in [5.41, 5.74) is 1.52. The molecule has 0 aliphatic rings. The molecular formula is C25H41NOS2. The van der Waals surface area contributed by atoms with Gasteiger partial charge in [-0.2, -0.15) is 0 Å². The maximum Gasteiger partial charge on any atom is 0.231 e. The van der Waals surface area contributed by atoms with Crippen LogP contribution in [0.2, 0.25) is 0 Å². The molecule has 1 aromatic carbocycles. The minimum absolute atomic E-state index is 0.106. The number of allylic oxidation sites excluding steroid dienone is 2. The van der Waals surface area contributed by atoms with Crippen molar-refractivity contribution in [2.45, 2.75) is 79.6 Å². The number of rotatable bonds is 11. The first-order valence-corrected chi connectivity index (χ1v) is 12.3. The third-order valence-electron chi connectivity index (χ3n) is 3.90. The van der Waals surface area contributed by atoms with Gasteiger partial charge in [-0.15, -0.1) is 0 Å². The number of nitrogens with one attached hydrogen (secondary N) is 1. The minimum atomic E-state index is -0.106. The molecule has 0 unspecified atom stereocenters. The maximum absolute atomic E-state index is 10.9. The molecule has 29 heavy (non-hydrogen) atoms. The van der Waals surface area contributed by atoms with Crippen molar-refractivity contribution in [3.8, 4) is 0 Å². The van der Waals surface area contributed by atoms with E-state index in [0.717, 1.165) is 29.3 Å². The molecule has 4 heteroatoms. The van der Waals surface area contributed by atoms with Crippen LogP contribution in [0, 0.1) is 0 Å². The molecule has 0 amide bonds. The Morgan fingerprint density at radius 1 is 1.10 bits per heavy atom. The lowest BCUT2D eigenvalue weighted by Gasteiger charge is -2.15. The van der Waals surface area contributed by atoms with Crippen LogP contribution >= 0.6 is 23.7 Å². The first-order valence-electron chi connectivity index (χ1n) is 10.7.